The SMILES string of the molecule is COC[C@@H]1[C@@H](c2ccc(-c3cccc(C)c3C)cc2)[C@@H]2CN(S(=O)(=O)c3ccccc3C(F)(F)F)CCCCN12. The lowest BCUT2D eigenvalue weighted by Gasteiger charge is -2.57. The molecule has 2 fully saturated rings. The van der Waals surface area contributed by atoms with E-state index in [1.807, 2.05) is 6.07 Å². The molecule has 5 nitrogen and oxygen atoms in total. The molecule has 2 heterocycles. The number of fused-ring (bicyclic) bond motifs is 1. The van der Waals surface area contributed by atoms with Crippen LogP contribution in [-0.2, 0) is 20.9 Å². The Morgan fingerprint density at radius 3 is 2.33 bits per heavy atom. The van der Waals surface area contributed by atoms with E-state index in [2.05, 4.69) is 55.1 Å². The van der Waals surface area contributed by atoms with Crippen LogP contribution in [0.25, 0.3) is 11.1 Å². The van der Waals surface area contributed by atoms with Crippen molar-refractivity contribution in [1.82, 2.24) is 9.21 Å². The first-order valence-electron chi connectivity index (χ1n) is 13.6. The first kappa shape index (κ1) is 28.8. The number of methoxy groups -OCH3 is 1. The van der Waals surface area contributed by atoms with Gasteiger partial charge in [-0.05, 0) is 73.2 Å². The Morgan fingerprint density at radius 2 is 1.62 bits per heavy atom. The van der Waals surface area contributed by atoms with Gasteiger partial charge in [0.15, 0.2) is 0 Å². The van der Waals surface area contributed by atoms with Crippen LogP contribution < -0.4 is 0 Å². The fourth-order valence-corrected chi connectivity index (χ4v) is 8.00. The van der Waals surface area contributed by atoms with Crippen LogP contribution in [0.2, 0.25) is 0 Å². The summed E-state index contributed by atoms with van der Waals surface area (Å²) in [4.78, 5) is 1.58. The summed E-state index contributed by atoms with van der Waals surface area (Å²) in [6.45, 7) is 5.79. The number of halogens is 3. The van der Waals surface area contributed by atoms with Crippen LogP contribution in [0.15, 0.2) is 71.6 Å². The fourth-order valence-electron chi connectivity index (χ4n) is 6.29. The van der Waals surface area contributed by atoms with Crippen LogP contribution in [0.4, 0.5) is 13.2 Å². The summed E-state index contributed by atoms with van der Waals surface area (Å²) in [6, 6.07) is 19.0. The third-order valence-electron chi connectivity index (χ3n) is 8.50. The average Bonchev–Trinajstić information content (AvgIpc) is 2.91. The number of rotatable bonds is 6. The standard InChI is InChI=1S/C31H35F3N2O3S/c1-21-9-8-10-25(22(21)2)23-13-15-24(16-14-23)30-27-19-35(17-6-7-18-36(27)28(30)20-39-3)40(37,38)29-12-5-4-11-26(29)31(32,33)34/h4-5,8-16,27-28,30H,6-7,17-20H2,1-3H3/t27-,28+,30-/m0/s1. The number of hydrogen-bond acceptors (Lipinski definition) is 4. The summed E-state index contributed by atoms with van der Waals surface area (Å²) >= 11 is 0. The van der Waals surface area contributed by atoms with Gasteiger partial charge in [-0.3, -0.25) is 4.90 Å². The molecular formula is C31H35F3N2O3S. The quantitative estimate of drug-likeness (QED) is 0.350. The predicted molar refractivity (Wildman–Crippen MR) is 150 cm³/mol. The highest BCUT2D eigenvalue weighted by Crippen LogP contribution is 2.44. The first-order valence-corrected chi connectivity index (χ1v) is 15.1. The number of nitrogens with zero attached hydrogens (tertiary/aromatic N) is 2. The Kier molecular flexibility index (Phi) is 8.12. The number of ether oxygens (including phenoxy) is 1. The van der Waals surface area contributed by atoms with Gasteiger partial charge in [0.25, 0.3) is 0 Å². The zero-order chi connectivity index (χ0) is 28.7. The van der Waals surface area contributed by atoms with Gasteiger partial charge >= 0.3 is 6.18 Å². The van der Waals surface area contributed by atoms with Gasteiger partial charge in [0, 0.05) is 38.2 Å². The second-order valence-electron chi connectivity index (χ2n) is 10.8. The summed E-state index contributed by atoms with van der Waals surface area (Å²) in [5, 5.41) is 0. The molecule has 0 bridgehead atoms. The number of sulfonamides is 1. The third-order valence-corrected chi connectivity index (χ3v) is 10.4. The molecule has 3 atom stereocenters. The topological polar surface area (TPSA) is 49.9 Å². The molecule has 0 aliphatic carbocycles. The van der Waals surface area contributed by atoms with Gasteiger partial charge < -0.3 is 4.74 Å². The molecule has 0 unspecified atom stereocenters. The average molecular weight is 573 g/mol. The molecule has 0 radical (unpaired) electrons. The van der Waals surface area contributed by atoms with Crippen molar-refractivity contribution < 1.29 is 26.3 Å². The molecule has 9 heteroatoms. The van der Waals surface area contributed by atoms with Crippen molar-refractivity contribution in [1.29, 1.82) is 0 Å². The molecule has 2 aliphatic rings. The molecule has 3 aromatic carbocycles. The largest absolute Gasteiger partial charge is 0.417 e. The Morgan fingerprint density at radius 1 is 0.925 bits per heavy atom. The Bertz CT molecular complexity index is 1460. The van der Waals surface area contributed by atoms with E-state index in [0.717, 1.165) is 36.2 Å². The van der Waals surface area contributed by atoms with Crippen molar-refractivity contribution in [2.45, 2.75) is 55.8 Å². The molecule has 0 spiro atoms. The lowest BCUT2D eigenvalue weighted by Crippen LogP contribution is -2.68. The minimum atomic E-state index is -4.77. The summed E-state index contributed by atoms with van der Waals surface area (Å²) in [5.74, 6) is -0.0127. The highest BCUT2D eigenvalue weighted by molar-refractivity contribution is 7.89. The fraction of sp³-hybridized carbons (Fsp3) is 0.419. The van der Waals surface area contributed by atoms with Crippen LogP contribution in [0.5, 0.6) is 0 Å². The number of aryl methyl sites for hydroxylation is 1. The minimum absolute atomic E-state index is 0.0127. The molecule has 2 aliphatic heterocycles. The van der Waals surface area contributed by atoms with E-state index in [1.54, 1.807) is 7.11 Å². The highest BCUT2D eigenvalue weighted by atomic mass is 32.2. The summed E-state index contributed by atoms with van der Waals surface area (Å²) in [7, 11) is -2.71. The number of hydrogen-bond donors (Lipinski definition) is 0. The highest BCUT2D eigenvalue weighted by Gasteiger charge is 2.51. The monoisotopic (exact) mass is 572 g/mol. The van der Waals surface area contributed by atoms with E-state index in [4.69, 9.17) is 4.74 Å². The summed E-state index contributed by atoms with van der Waals surface area (Å²) in [5.41, 5.74) is 4.67. The van der Waals surface area contributed by atoms with Gasteiger partial charge in [-0.1, -0.05) is 54.6 Å². The molecule has 0 amide bonds. The van der Waals surface area contributed by atoms with E-state index < -0.39 is 26.7 Å². The molecule has 2 saturated heterocycles. The van der Waals surface area contributed by atoms with E-state index >= 15 is 0 Å². The zero-order valence-corrected chi connectivity index (χ0v) is 23.8. The molecule has 0 N–H and O–H groups in total. The maximum Gasteiger partial charge on any atom is 0.417 e. The van der Waals surface area contributed by atoms with Crippen molar-refractivity contribution >= 4 is 10.0 Å². The Balaban J connectivity index is 1.47. The van der Waals surface area contributed by atoms with Crippen LogP contribution in [0, 0.1) is 13.8 Å². The van der Waals surface area contributed by atoms with Crippen molar-refractivity contribution in [3.8, 4) is 11.1 Å². The third kappa shape index (κ3) is 5.32. The lowest BCUT2D eigenvalue weighted by molar-refractivity contribution is -0.139. The zero-order valence-electron chi connectivity index (χ0n) is 23.0. The summed E-state index contributed by atoms with van der Waals surface area (Å²) in [6.07, 6.45) is -3.44. The van der Waals surface area contributed by atoms with Crippen molar-refractivity contribution in [2.75, 3.05) is 33.4 Å². The van der Waals surface area contributed by atoms with Gasteiger partial charge in [0.2, 0.25) is 10.0 Å². The molecule has 5 rings (SSSR count). The van der Waals surface area contributed by atoms with Gasteiger partial charge in [-0.15, -0.1) is 0 Å². The van der Waals surface area contributed by atoms with Crippen LogP contribution in [0.1, 0.15) is 41.0 Å². The molecule has 3 aromatic rings. The van der Waals surface area contributed by atoms with Gasteiger partial charge in [-0.2, -0.15) is 17.5 Å². The van der Waals surface area contributed by atoms with Gasteiger partial charge in [-0.25, -0.2) is 8.42 Å². The predicted octanol–water partition coefficient (Wildman–Crippen LogP) is 6.26. The lowest BCUT2D eigenvalue weighted by atomic mass is 9.74. The molecule has 214 valence electrons. The van der Waals surface area contributed by atoms with Crippen molar-refractivity contribution in [3.05, 3.63) is 89.0 Å². The Hall–Kier alpha value is -2.72. The van der Waals surface area contributed by atoms with E-state index in [-0.39, 0.29) is 31.1 Å². The van der Waals surface area contributed by atoms with Crippen molar-refractivity contribution in [3.63, 3.8) is 0 Å². The van der Waals surface area contributed by atoms with Crippen LogP contribution in [-0.4, -0.2) is 63.1 Å². The van der Waals surface area contributed by atoms with E-state index in [9.17, 15) is 21.6 Å². The van der Waals surface area contributed by atoms with Crippen LogP contribution >= 0.6 is 0 Å². The second-order valence-corrected chi connectivity index (χ2v) is 12.7. The van der Waals surface area contributed by atoms with Gasteiger partial charge in [0.05, 0.1) is 17.1 Å². The maximum absolute atomic E-state index is 13.8. The molecule has 0 aromatic heterocycles. The maximum atomic E-state index is 13.8. The minimum Gasteiger partial charge on any atom is -0.383 e. The van der Waals surface area contributed by atoms with Gasteiger partial charge in [0.1, 0.15) is 0 Å². The molecule has 40 heavy (non-hydrogen) atoms. The normalized spacial score (nSPS) is 22.7. The smallest absolute Gasteiger partial charge is 0.383 e. The second kappa shape index (κ2) is 11.3. The summed E-state index contributed by atoms with van der Waals surface area (Å²) < 4.78 is 75.5. The van der Waals surface area contributed by atoms with Crippen molar-refractivity contribution in [2.24, 2.45) is 0 Å². The molecular weight excluding hydrogens is 537 g/mol. The van der Waals surface area contributed by atoms with E-state index in [1.165, 1.54) is 33.1 Å². The first-order chi connectivity index (χ1) is 19.0. The molecule has 0 saturated carbocycles. The van der Waals surface area contributed by atoms with Crippen LogP contribution in [0.3, 0.4) is 0 Å². The van der Waals surface area contributed by atoms with E-state index in [0.29, 0.717) is 13.0 Å². The number of benzene rings is 3. The Labute approximate surface area is 234 Å². The number of alkyl halides is 3.